The number of terminal acetylenes is 1. The van der Waals surface area contributed by atoms with Gasteiger partial charge >= 0.3 is 0 Å². The van der Waals surface area contributed by atoms with Gasteiger partial charge in [-0.3, -0.25) is 4.79 Å². The van der Waals surface area contributed by atoms with Crippen molar-refractivity contribution in [3.63, 3.8) is 0 Å². The van der Waals surface area contributed by atoms with Crippen molar-refractivity contribution >= 4 is 23.1 Å². The number of anilines is 1. The number of hydrogen-bond donors (Lipinski definition) is 1. The molecule has 1 rings (SSSR count). The van der Waals surface area contributed by atoms with Crippen molar-refractivity contribution in [3.8, 4) is 12.3 Å². The van der Waals surface area contributed by atoms with Crippen LogP contribution in [0.3, 0.4) is 0 Å². The maximum absolute atomic E-state index is 12.9. The third-order valence-electron chi connectivity index (χ3n) is 4.93. The molecule has 3 nitrogen and oxygen atoms in total. The van der Waals surface area contributed by atoms with E-state index in [0.29, 0.717) is 41.2 Å². The summed E-state index contributed by atoms with van der Waals surface area (Å²) in [5.74, 6) is 2.36. The normalized spacial score (nSPS) is 12.2. The summed E-state index contributed by atoms with van der Waals surface area (Å²) >= 11 is 6.18. The molecule has 1 aromatic rings. The third kappa shape index (κ3) is 8.02. The molecule has 0 bridgehead atoms. The molecule has 0 unspecified atom stereocenters. The molecular formula is C27H33ClN2O. The maximum Gasteiger partial charge on any atom is 0.161 e. The molecule has 1 atom stereocenters. The fraction of sp³-hybridized carbons (Fsp3) is 0.333. The van der Waals surface area contributed by atoms with Crippen LogP contribution in [0.5, 0.6) is 0 Å². The van der Waals surface area contributed by atoms with Crippen LogP contribution in [-0.4, -0.2) is 23.8 Å². The van der Waals surface area contributed by atoms with E-state index < -0.39 is 0 Å². The van der Waals surface area contributed by atoms with Gasteiger partial charge in [0.25, 0.3) is 0 Å². The van der Waals surface area contributed by atoms with Crippen LogP contribution < -0.4 is 5.73 Å². The number of ketones is 1. The highest BCUT2D eigenvalue weighted by Crippen LogP contribution is 2.26. The molecule has 0 amide bonds. The first-order chi connectivity index (χ1) is 14.8. The van der Waals surface area contributed by atoms with Gasteiger partial charge in [-0.05, 0) is 67.7 Å². The quantitative estimate of drug-likeness (QED) is 0.141. The second kappa shape index (κ2) is 13.4. The smallest absolute Gasteiger partial charge is 0.161 e. The fourth-order valence-corrected chi connectivity index (χ4v) is 3.56. The zero-order valence-electron chi connectivity index (χ0n) is 18.9. The molecule has 2 N–H and O–H groups in total. The van der Waals surface area contributed by atoms with E-state index in [0.717, 1.165) is 24.2 Å². The lowest BCUT2D eigenvalue weighted by molar-refractivity contribution is -0.118. The highest BCUT2D eigenvalue weighted by molar-refractivity contribution is 6.33. The predicted octanol–water partition coefficient (Wildman–Crippen LogP) is 6.11. The van der Waals surface area contributed by atoms with E-state index in [9.17, 15) is 4.79 Å². The first-order valence-electron chi connectivity index (χ1n) is 10.5. The molecule has 31 heavy (non-hydrogen) atoms. The number of carbonyl (C=O) groups is 1. The minimum Gasteiger partial charge on any atom is -0.397 e. The average Bonchev–Trinajstić information content (AvgIpc) is 2.75. The summed E-state index contributed by atoms with van der Waals surface area (Å²) in [5, 5.41) is 0.413. The number of benzene rings is 1. The molecule has 4 heteroatoms. The van der Waals surface area contributed by atoms with Crippen LogP contribution in [0.1, 0.15) is 44.7 Å². The zero-order chi connectivity index (χ0) is 23.4. The SMILES string of the molecule is C#Cc1cc(C[C@@H](C)C(=O)C(=C)CCN(CCC)C(/C=C\C)=C/C=C=C)cc(Cl)c1N. The lowest BCUT2D eigenvalue weighted by Gasteiger charge is -2.26. The molecule has 0 heterocycles. The summed E-state index contributed by atoms with van der Waals surface area (Å²) in [7, 11) is 0. The Balaban J connectivity index is 2.86. The number of nitrogen functional groups attached to an aromatic ring is 1. The Morgan fingerprint density at radius 2 is 2.10 bits per heavy atom. The number of hydrogen-bond acceptors (Lipinski definition) is 3. The van der Waals surface area contributed by atoms with Gasteiger partial charge < -0.3 is 10.6 Å². The third-order valence-corrected chi connectivity index (χ3v) is 5.25. The molecular weight excluding hydrogens is 404 g/mol. The Morgan fingerprint density at radius 3 is 2.68 bits per heavy atom. The highest BCUT2D eigenvalue weighted by atomic mass is 35.5. The number of nitrogens with zero attached hydrogens (tertiary/aromatic N) is 1. The Bertz CT molecular complexity index is 943. The van der Waals surface area contributed by atoms with Crippen LogP contribution in [0.25, 0.3) is 0 Å². The van der Waals surface area contributed by atoms with E-state index in [2.05, 4.69) is 36.6 Å². The second-order valence-electron chi connectivity index (χ2n) is 7.46. The number of allylic oxidation sites excluding steroid dienone is 4. The summed E-state index contributed by atoms with van der Waals surface area (Å²) in [6.45, 7) is 15.3. The molecule has 0 radical (unpaired) electrons. The largest absolute Gasteiger partial charge is 0.397 e. The van der Waals surface area contributed by atoms with Crippen LogP contribution in [0.4, 0.5) is 5.69 Å². The Hall–Kier alpha value is -2.92. The van der Waals surface area contributed by atoms with Crippen molar-refractivity contribution in [2.24, 2.45) is 5.92 Å². The Labute approximate surface area is 192 Å². The standard InChI is InChI=1S/C27H33ClN2O/c1-7-11-13-24(12-8-2)30(15-9-3)16-14-20(5)27(31)21(6)17-22-18-23(10-4)26(29)25(28)19-22/h4,8,11-13,18-19,21H,1,5,9,14-17,29H2,2-3,6H3/b12-8-,24-13+/t21-/m1/s1. The maximum atomic E-state index is 12.9. The van der Waals surface area contributed by atoms with Gasteiger partial charge in [0.1, 0.15) is 0 Å². The lowest BCUT2D eigenvalue weighted by atomic mass is 9.91. The van der Waals surface area contributed by atoms with Crippen molar-refractivity contribution in [2.45, 2.75) is 40.0 Å². The van der Waals surface area contributed by atoms with Crippen LogP contribution in [-0.2, 0) is 11.2 Å². The summed E-state index contributed by atoms with van der Waals surface area (Å²) in [6, 6.07) is 3.59. The summed E-state index contributed by atoms with van der Waals surface area (Å²) < 4.78 is 0. The molecule has 0 aliphatic heterocycles. The van der Waals surface area contributed by atoms with Gasteiger partial charge in [-0.1, -0.05) is 50.6 Å². The number of nitrogens with two attached hydrogens (primary N) is 1. The van der Waals surface area contributed by atoms with Gasteiger partial charge in [0, 0.05) is 30.3 Å². The van der Waals surface area contributed by atoms with E-state index in [1.807, 2.05) is 38.1 Å². The van der Waals surface area contributed by atoms with Crippen molar-refractivity contribution in [2.75, 3.05) is 18.8 Å². The van der Waals surface area contributed by atoms with Gasteiger partial charge in [-0.15, -0.1) is 12.2 Å². The minimum atomic E-state index is -0.230. The van der Waals surface area contributed by atoms with E-state index in [1.165, 1.54) is 0 Å². The van der Waals surface area contributed by atoms with Crippen LogP contribution in [0, 0.1) is 18.3 Å². The van der Waals surface area contributed by atoms with Crippen molar-refractivity contribution in [3.05, 3.63) is 82.7 Å². The second-order valence-corrected chi connectivity index (χ2v) is 7.86. The van der Waals surface area contributed by atoms with E-state index in [-0.39, 0.29) is 11.7 Å². The van der Waals surface area contributed by atoms with Gasteiger partial charge in [0.2, 0.25) is 0 Å². The fourth-order valence-electron chi connectivity index (χ4n) is 3.32. The Kier molecular flexibility index (Phi) is 11.3. The summed E-state index contributed by atoms with van der Waals surface area (Å²) in [4.78, 5) is 15.2. The van der Waals surface area contributed by atoms with Gasteiger partial charge in [-0.2, -0.15) is 0 Å². The number of rotatable bonds is 12. The summed E-state index contributed by atoms with van der Waals surface area (Å²) in [5.41, 5.74) is 12.2. The molecule has 0 saturated carbocycles. The summed E-state index contributed by atoms with van der Waals surface area (Å²) in [6.07, 6.45) is 15.4. The van der Waals surface area contributed by atoms with Crippen LogP contribution in [0.2, 0.25) is 5.02 Å². The molecule has 0 saturated heterocycles. The van der Waals surface area contributed by atoms with Crippen molar-refractivity contribution in [1.82, 2.24) is 4.90 Å². The van der Waals surface area contributed by atoms with E-state index in [4.69, 9.17) is 23.8 Å². The van der Waals surface area contributed by atoms with Gasteiger partial charge in [-0.25, -0.2) is 0 Å². The molecule has 1 aromatic carbocycles. The van der Waals surface area contributed by atoms with Crippen molar-refractivity contribution in [1.29, 1.82) is 0 Å². The van der Waals surface area contributed by atoms with Crippen molar-refractivity contribution < 1.29 is 4.79 Å². The molecule has 0 aromatic heterocycles. The van der Waals surface area contributed by atoms with Gasteiger partial charge in [0.05, 0.1) is 10.7 Å². The number of carbonyl (C=O) groups excluding carboxylic acids is 1. The molecule has 0 aliphatic rings. The zero-order valence-corrected chi connectivity index (χ0v) is 19.6. The molecule has 164 valence electrons. The minimum absolute atomic E-state index is 0.0502. The Morgan fingerprint density at radius 1 is 1.39 bits per heavy atom. The topological polar surface area (TPSA) is 46.3 Å². The first-order valence-corrected chi connectivity index (χ1v) is 10.9. The van der Waals surface area contributed by atoms with Gasteiger partial charge in [0.15, 0.2) is 5.78 Å². The molecule has 0 fully saturated rings. The average molecular weight is 437 g/mol. The number of Topliss-reactive ketones (excluding diaryl/α,β-unsaturated/α-hetero) is 1. The predicted molar refractivity (Wildman–Crippen MR) is 134 cm³/mol. The van der Waals surface area contributed by atoms with E-state index >= 15 is 0 Å². The highest BCUT2D eigenvalue weighted by Gasteiger charge is 2.19. The first kappa shape index (κ1) is 26.1. The monoisotopic (exact) mass is 436 g/mol. The molecule has 0 spiro atoms. The van der Waals surface area contributed by atoms with Crippen LogP contribution >= 0.6 is 11.6 Å². The van der Waals surface area contributed by atoms with Crippen LogP contribution in [0.15, 0.2) is 66.6 Å². The number of halogens is 1. The lowest BCUT2D eigenvalue weighted by Crippen LogP contribution is -2.26. The molecule has 0 aliphatic carbocycles. The van der Waals surface area contributed by atoms with E-state index in [1.54, 1.807) is 12.1 Å².